The van der Waals surface area contributed by atoms with E-state index in [9.17, 15) is 13.2 Å². The SMILES string of the molecule is Cc1ccc(S(=O)(=O)NCCO)cc1C(=O)NC1CCCCC1. The van der Waals surface area contributed by atoms with Gasteiger partial charge in [0.05, 0.1) is 11.5 Å². The van der Waals surface area contributed by atoms with Gasteiger partial charge in [0.25, 0.3) is 5.91 Å². The Morgan fingerprint density at radius 3 is 2.61 bits per heavy atom. The maximum atomic E-state index is 12.5. The van der Waals surface area contributed by atoms with E-state index in [2.05, 4.69) is 10.0 Å². The highest BCUT2D eigenvalue weighted by molar-refractivity contribution is 7.89. The molecule has 0 unspecified atom stereocenters. The normalized spacial score (nSPS) is 16.3. The molecule has 0 radical (unpaired) electrons. The van der Waals surface area contributed by atoms with Gasteiger partial charge >= 0.3 is 0 Å². The Labute approximate surface area is 137 Å². The second-order valence-electron chi connectivity index (χ2n) is 5.91. The summed E-state index contributed by atoms with van der Waals surface area (Å²) in [6, 6.07) is 4.66. The first kappa shape index (κ1) is 17.9. The fourth-order valence-electron chi connectivity index (χ4n) is 2.79. The van der Waals surface area contributed by atoms with E-state index in [4.69, 9.17) is 5.11 Å². The van der Waals surface area contributed by atoms with Gasteiger partial charge in [0.15, 0.2) is 0 Å². The number of aliphatic hydroxyl groups excluding tert-OH is 1. The summed E-state index contributed by atoms with van der Waals surface area (Å²) in [6.45, 7) is 1.45. The second-order valence-corrected chi connectivity index (χ2v) is 7.67. The quantitative estimate of drug-likeness (QED) is 0.728. The third-order valence-electron chi connectivity index (χ3n) is 4.11. The largest absolute Gasteiger partial charge is 0.395 e. The molecule has 1 aromatic rings. The number of hydrogen-bond acceptors (Lipinski definition) is 4. The van der Waals surface area contributed by atoms with Crippen LogP contribution >= 0.6 is 0 Å². The third-order valence-corrected chi connectivity index (χ3v) is 5.57. The summed E-state index contributed by atoms with van der Waals surface area (Å²) in [5.41, 5.74) is 1.11. The smallest absolute Gasteiger partial charge is 0.251 e. The average molecular weight is 340 g/mol. The van der Waals surface area contributed by atoms with Gasteiger partial charge in [0.2, 0.25) is 10.0 Å². The zero-order chi connectivity index (χ0) is 16.9. The number of carbonyl (C=O) groups is 1. The van der Waals surface area contributed by atoms with Crippen molar-refractivity contribution in [3.05, 3.63) is 29.3 Å². The molecule has 1 aromatic carbocycles. The van der Waals surface area contributed by atoms with Gasteiger partial charge in [-0.15, -0.1) is 0 Å². The molecule has 0 aliphatic heterocycles. The first-order chi connectivity index (χ1) is 10.9. The van der Waals surface area contributed by atoms with Gasteiger partial charge in [0, 0.05) is 18.2 Å². The van der Waals surface area contributed by atoms with Crippen LogP contribution in [0, 0.1) is 6.92 Å². The van der Waals surface area contributed by atoms with E-state index < -0.39 is 10.0 Å². The summed E-state index contributed by atoms with van der Waals surface area (Å²) in [6.07, 6.45) is 5.38. The summed E-state index contributed by atoms with van der Waals surface area (Å²) < 4.78 is 26.5. The zero-order valence-corrected chi connectivity index (χ0v) is 14.2. The highest BCUT2D eigenvalue weighted by Gasteiger charge is 2.20. The van der Waals surface area contributed by atoms with Crippen LogP contribution in [0.4, 0.5) is 0 Å². The molecule has 0 heterocycles. The standard InChI is InChI=1S/C16H24N2O4S/c1-12-7-8-14(23(21,22)17-9-10-19)11-15(12)16(20)18-13-5-3-2-4-6-13/h7-8,11,13,17,19H,2-6,9-10H2,1H3,(H,18,20). The molecule has 0 saturated heterocycles. The van der Waals surface area contributed by atoms with Crippen molar-refractivity contribution in [1.82, 2.24) is 10.0 Å². The van der Waals surface area contributed by atoms with E-state index >= 15 is 0 Å². The molecular weight excluding hydrogens is 316 g/mol. The van der Waals surface area contributed by atoms with Crippen molar-refractivity contribution in [3.63, 3.8) is 0 Å². The van der Waals surface area contributed by atoms with Crippen molar-refractivity contribution in [2.45, 2.75) is 50.0 Å². The van der Waals surface area contributed by atoms with Gasteiger partial charge in [-0.2, -0.15) is 0 Å². The van der Waals surface area contributed by atoms with E-state index in [0.29, 0.717) is 5.56 Å². The number of aryl methyl sites for hydroxylation is 1. The summed E-state index contributed by atoms with van der Waals surface area (Å²) in [5, 5.41) is 11.8. The second kappa shape index (κ2) is 7.90. The molecule has 0 atom stereocenters. The Balaban J connectivity index is 2.17. The highest BCUT2D eigenvalue weighted by Crippen LogP contribution is 2.20. The lowest BCUT2D eigenvalue weighted by molar-refractivity contribution is 0.0927. The van der Waals surface area contributed by atoms with Crippen molar-refractivity contribution in [1.29, 1.82) is 0 Å². The highest BCUT2D eigenvalue weighted by atomic mass is 32.2. The minimum atomic E-state index is -3.72. The monoisotopic (exact) mass is 340 g/mol. The van der Waals surface area contributed by atoms with Crippen LogP contribution in [0.3, 0.4) is 0 Å². The molecule has 0 bridgehead atoms. The van der Waals surface area contributed by atoms with E-state index in [-0.39, 0.29) is 30.0 Å². The Bertz CT molecular complexity index is 652. The lowest BCUT2D eigenvalue weighted by Crippen LogP contribution is -2.36. The molecule has 1 fully saturated rings. The Hall–Kier alpha value is -1.44. The molecule has 0 aromatic heterocycles. The number of carbonyl (C=O) groups excluding carboxylic acids is 1. The van der Waals surface area contributed by atoms with E-state index in [1.807, 2.05) is 0 Å². The zero-order valence-electron chi connectivity index (χ0n) is 13.3. The van der Waals surface area contributed by atoms with Crippen LogP contribution in [0.5, 0.6) is 0 Å². The lowest BCUT2D eigenvalue weighted by atomic mass is 9.95. The van der Waals surface area contributed by atoms with E-state index in [1.165, 1.54) is 18.6 Å². The van der Waals surface area contributed by atoms with Crippen molar-refractivity contribution in [2.24, 2.45) is 0 Å². The summed E-state index contributed by atoms with van der Waals surface area (Å²) in [7, 11) is -3.72. The number of rotatable bonds is 6. The van der Waals surface area contributed by atoms with Crippen molar-refractivity contribution < 1.29 is 18.3 Å². The molecule has 1 saturated carbocycles. The van der Waals surface area contributed by atoms with Gasteiger partial charge in [0.1, 0.15) is 0 Å². The molecule has 7 heteroatoms. The molecule has 6 nitrogen and oxygen atoms in total. The summed E-state index contributed by atoms with van der Waals surface area (Å²) in [5.74, 6) is -0.228. The van der Waals surface area contributed by atoms with Crippen LogP contribution in [-0.2, 0) is 10.0 Å². The van der Waals surface area contributed by atoms with Gasteiger partial charge in [-0.1, -0.05) is 25.3 Å². The molecule has 3 N–H and O–H groups in total. The summed E-state index contributed by atoms with van der Waals surface area (Å²) in [4.78, 5) is 12.5. The van der Waals surface area contributed by atoms with Gasteiger partial charge < -0.3 is 10.4 Å². The van der Waals surface area contributed by atoms with Gasteiger partial charge in [-0.3, -0.25) is 4.79 Å². The van der Waals surface area contributed by atoms with Crippen LogP contribution in [0.25, 0.3) is 0 Å². The molecule has 2 rings (SSSR count). The van der Waals surface area contributed by atoms with Crippen LogP contribution in [0.2, 0.25) is 0 Å². The first-order valence-electron chi connectivity index (χ1n) is 7.96. The molecule has 128 valence electrons. The Morgan fingerprint density at radius 2 is 1.96 bits per heavy atom. The van der Waals surface area contributed by atoms with E-state index in [0.717, 1.165) is 31.2 Å². The number of benzene rings is 1. The molecule has 0 spiro atoms. The average Bonchev–Trinajstić information content (AvgIpc) is 2.54. The minimum absolute atomic E-state index is 0.0327. The van der Waals surface area contributed by atoms with Gasteiger partial charge in [-0.25, -0.2) is 13.1 Å². The fourth-order valence-corrected chi connectivity index (χ4v) is 3.83. The maximum absolute atomic E-state index is 12.5. The van der Waals surface area contributed by atoms with Crippen molar-refractivity contribution >= 4 is 15.9 Å². The van der Waals surface area contributed by atoms with Crippen LogP contribution in [0.15, 0.2) is 23.1 Å². The number of sulfonamides is 1. The topological polar surface area (TPSA) is 95.5 Å². The van der Waals surface area contributed by atoms with Crippen LogP contribution < -0.4 is 10.0 Å². The Kier molecular flexibility index (Phi) is 6.15. The number of nitrogens with one attached hydrogen (secondary N) is 2. The number of hydrogen-bond donors (Lipinski definition) is 3. The molecule has 1 amide bonds. The number of amides is 1. The first-order valence-corrected chi connectivity index (χ1v) is 9.44. The Morgan fingerprint density at radius 1 is 1.26 bits per heavy atom. The van der Waals surface area contributed by atoms with Gasteiger partial charge in [-0.05, 0) is 37.5 Å². The minimum Gasteiger partial charge on any atom is -0.395 e. The third kappa shape index (κ3) is 4.76. The van der Waals surface area contributed by atoms with Crippen molar-refractivity contribution in [2.75, 3.05) is 13.2 Å². The predicted octanol–water partition coefficient (Wildman–Crippen LogP) is 1.33. The molecule has 23 heavy (non-hydrogen) atoms. The molecule has 1 aliphatic carbocycles. The van der Waals surface area contributed by atoms with Crippen LogP contribution in [0.1, 0.15) is 48.0 Å². The fraction of sp³-hybridized carbons (Fsp3) is 0.562. The summed E-state index contributed by atoms with van der Waals surface area (Å²) >= 11 is 0. The van der Waals surface area contributed by atoms with Crippen LogP contribution in [-0.4, -0.2) is 38.6 Å². The van der Waals surface area contributed by atoms with Crippen molar-refractivity contribution in [3.8, 4) is 0 Å². The molecular formula is C16H24N2O4S. The number of aliphatic hydroxyl groups is 1. The lowest BCUT2D eigenvalue weighted by Gasteiger charge is -2.23. The molecule has 1 aliphatic rings. The predicted molar refractivity (Wildman–Crippen MR) is 87.8 cm³/mol. The maximum Gasteiger partial charge on any atom is 0.251 e. The van der Waals surface area contributed by atoms with E-state index in [1.54, 1.807) is 13.0 Å².